The summed E-state index contributed by atoms with van der Waals surface area (Å²) in [4.78, 5) is 16.6. The van der Waals surface area contributed by atoms with Gasteiger partial charge in [0.1, 0.15) is 12.0 Å². The summed E-state index contributed by atoms with van der Waals surface area (Å²) >= 11 is 0. The average molecular weight is 422 g/mol. The summed E-state index contributed by atoms with van der Waals surface area (Å²) in [5.41, 5.74) is 0.838. The lowest BCUT2D eigenvalue weighted by Crippen LogP contribution is -2.25. The fourth-order valence-electron chi connectivity index (χ4n) is 2.55. The van der Waals surface area contributed by atoms with Crippen LogP contribution in [0.5, 0.6) is 17.2 Å². The molecule has 0 aliphatic carbocycles. The van der Waals surface area contributed by atoms with E-state index in [1.54, 1.807) is 12.1 Å². The first-order chi connectivity index (χ1) is 14.3. The molecule has 3 aromatic rings. The Morgan fingerprint density at radius 3 is 2.67 bits per heavy atom. The zero-order chi connectivity index (χ0) is 21.7. The normalized spacial score (nSPS) is 11.2. The monoisotopic (exact) mass is 422 g/mol. The number of nitrogens with one attached hydrogen (secondary N) is 1. The van der Waals surface area contributed by atoms with Crippen molar-refractivity contribution in [2.45, 2.75) is 12.7 Å². The largest absolute Gasteiger partial charge is 0.504 e. The van der Waals surface area contributed by atoms with Crippen LogP contribution in [-0.4, -0.2) is 35.9 Å². The number of phenols is 1. The molecule has 0 fully saturated rings. The molecule has 7 nitrogen and oxygen atoms in total. The van der Waals surface area contributed by atoms with Gasteiger partial charge in [-0.2, -0.15) is 13.2 Å². The molecule has 30 heavy (non-hydrogen) atoms. The molecule has 0 spiro atoms. The van der Waals surface area contributed by atoms with E-state index in [4.69, 9.17) is 13.9 Å². The zero-order valence-electron chi connectivity index (χ0n) is 15.7. The molecule has 1 aromatic heterocycles. The number of benzene rings is 2. The molecule has 1 heterocycles. The number of carbonyl (C=O) groups is 1. The molecule has 158 valence electrons. The zero-order valence-corrected chi connectivity index (χ0v) is 15.7. The summed E-state index contributed by atoms with van der Waals surface area (Å²) in [6.45, 7) is -1.53. The lowest BCUT2D eigenvalue weighted by Gasteiger charge is -2.12. The van der Waals surface area contributed by atoms with E-state index in [9.17, 15) is 23.1 Å². The first-order valence-corrected chi connectivity index (χ1v) is 8.65. The number of aromatic hydroxyl groups is 1. The summed E-state index contributed by atoms with van der Waals surface area (Å²) in [6.07, 6.45) is -3.19. The van der Waals surface area contributed by atoms with Gasteiger partial charge in [0.25, 0.3) is 5.91 Å². The number of hydrogen-bond acceptors (Lipinski definition) is 6. The van der Waals surface area contributed by atoms with Crippen molar-refractivity contribution < 1.29 is 37.0 Å². The number of oxazole rings is 1. The van der Waals surface area contributed by atoms with Gasteiger partial charge in [0.15, 0.2) is 18.1 Å². The molecule has 3 rings (SSSR count). The van der Waals surface area contributed by atoms with E-state index in [-0.39, 0.29) is 29.5 Å². The van der Waals surface area contributed by atoms with Gasteiger partial charge in [0.2, 0.25) is 5.89 Å². The molecule has 0 unspecified atom stereocenters. The van der Waals surface area contributed by atoms with Gasteiger partial charge in [-0.15, -0.1) is 0 Å². The molecular formula is C20H17F3N2O5. The number of halogens is 3. The van der Waals surface area contributed by atoms with Crippen molar-refractivity contribution in [3.8, 4) is 28.7 Å². The molecule has 0 bridgehead atoms. The van der Waals surface area contributed by atoms with Crippen LogP contribution < -0.4 is 14.8 Å². The number of rotatable bonds is 7. The van der Waals surface area contributed by atoms with Crippen molar-refractivity contribution in [1.82, 2.24) is 10.3 Å². The molecule has 0 saturated carbocycles. The lowest BCUT2D eigenvalue weighted by atomic mass is 10.2. The standard InChI is InChI=1S/C20H17F3N2O5/c1-28-17-7-6-12(8-15(17)26)19-25-13(10-29-19)9-24-18(27)14-4-2-3-5-16(14)30-11-20(21,22)23/h2-8,10,26H,9,11H2,1H3,(H,24,27). The van der Waals surface area contributed by atoms with Gasteiger partial charge in [-0.05, 0) is 30.3 Å². The second-order valence-electron chi connectivity index (χ2n) is 6.11. The van der Waals surface area contributed by atoms with Crippen LogP contribution in [0.1, 0.15) is 16.1 Å². The molecular weight excluding hydrogens is 405 g/mol. The summed E-state index contributed by atoms with van der Waals surface area (Å²) in [6, 6.07) is 10.2. The highest BCUT2D eigenvalue weighted by molar-refractivity contribution is 5.96. The summed E-state index contributed by atoms with van der Waals surface area (Å²) in [5, 5.41) is 12.4. The number of carbonyl (C=O) groups excluding carboxylic acids is 1. The summed E-state index contributed by atoms with van der Waals surface area (Å²) in [7, 11) is 1.42. The van der Waals surface area contributed by atoms with Crippen LogP contribution in [0.4, 0.5) is 13.2 Å². The minimum Gasteiger partial charge on any atom is -0.504 e. The van der Waals surface area contributed by atoms with Crippen LogP contribution in [-0.2, 0) is 6.54 Å². The number of alkyl halides is 3. The fourth-order valence-corrected chi connectivity index (χ4v) is 2.55. The van der Waals surface area contributed by atoms with Crippen LogP contribution in [0, 0.1) is 0 Å². The Morgan fingerprint density at radius 1 is 1.20 bits per heavy atom. The number of methoxy groups -OCH3 is 1. The van der Waals surface area contributed by atoms with Crippen molar-refractivity contribution in [3.05, 3.63) is 60.0 Å². The number of aromatic nitrogens is 1. The minimum absolute atomic E-state index is 0.0297. The van der Waals surface area contributed by atoms with E-state index in [1.807, 2.05) is 0 Å². The smallest absolute Gasteiger partial charge is 0.422 e. The van der Waals surface area contributed by atoms with Gasteiger partial charge in [-0.3, -0.25) is 4.79 Å². The Hall–Kier alpha value is -3.69. The Balaban J connectivity index is 1.66. The summed E-state index contributed by atoms with van der Waals surface area (Å²) < 4.78 is 52.2. The van der Waals surface area contributed by atoms with Gasteiger partial charge in [-0.1, -0.05) is 12.1 Å². The SMILES string of the molecule is COc1ccc(-c2nc(CNC(=O)c3ccccc3OCC(F)(F)F)co2)cc1O. The lowest BCUT2D eigenvalue weighted by molar-refractivity contribution is -0.153. The highest BCUT2D eigenvalue weighted by Crippen LogP contribution is 2.31. The maximum Gasteiger partial charge on any atom is 0.422 e. The van der Waals surface area contributed by atoms with Gasteiger partial charge in [-0.25, -0.2) is 4.98 Å². The molecule has 0 radical (unpaired) electrons. The maximum absolute atomic E-state index is 12.4. The van der Waals surface area contributed by atoms with Crippen LogP contribution >= 0.6 is 0 Å². The molecule has 0 atom stereocenters. The second kappa shape index (κ2) is 8.76. The molecule has 0 aliphatic rings. The first-order valence-electron chi connectivity index (χ1n) is 8.65. The van der Waals surface area contributed by atoms with Crippen molar-refractivity contribution in [2.75, 3.05) is 13.7 Å². The Morgan fingerprint density at radius 2 is 1.97 bits per heavy atom. The average Bonchev–Trinajstić information content (AvgIpc) is 3.19. The quantitative estimate of drug-likeness (QED) is 0.599. The van der Waals surface area contributed by atoms with E-state index in [2.05, 4.69) is 10.3 Å². The van der Waals surface area contributed by atoms with Gasteiger partial charge >= 0.3 is 6.18 Å². The number of amides is 1. The van der Waals surface area contributed by atoms with Crippen molar-refractivity contribution >= 4 is 5.91 Å². The molecule has 0 saturated heterocycles. The van der Waals surface area contributed by atoms with Gasteiger partial charge < -0.3 is 24.3 Å². The van der Waals surface area contributed by atoms with E-state index in [0.717, 1.165) is 0 Å². The fraction of sp³-hybridized carbons (Fsp3) is 0.200. The second-order valence-corrected chi connectivity index (χ2v) is 6.11. The third kappa shape index (κ3) is 5.22. The Labute approximate surface area is 169 Å². The predicted molar refractivity (Wildman–Crippen MR) is 99.3 cm³/mol. The number of para-hydroxylation sites is 1. The highest BCUT2D eigenvalue weighted by atomic mass is 19.4. The maximum atomic E-state index is 12.4. The van der Waals surface area contributed by atoms with Crippen LogP contribution in [0.2, 0.25) is 0 Å². The van der Waals surface area contributed by atoms with Crippen LogP contribution in [0.3, 0.4) is 0 Å². The predicted octanol–water partition coefficient (Wildman–Crippen LogP) is 3.93. The first kappa shape index (κ1) is 21.0. The van der Waals surface area contributed by atoms with Gasteiger partial charge in [0, 0.05) is 5.56 Å². The third-order valence-corrected chi connectivity index (χ3v) is 3.93. The Kier molecular flexibility index (Phi) is 6.14. The molecule has 2 aromatic carbocycles. The van der Waals surface area contributed by atoms with E-state index in [0.29, 0.717) is 17.0 Å². The number of hydrogen-bond donors (Lipinski definition) is 2. The molecule has 1 amide bonds. The highest BCUT2D eigenvalue weighted by Gasteiger charge is 2.29. The molecule has 0 aliphatic heterocycles. The van der Waals surface area contributed by atoms with E-state index in [1.165, 1.54) is 43.7 Å². The van der Waals surface area contributed by atoms with Crippen molar-refractivity contribution in [2.24, 2.45) is 0 Å². The molecule has 2 N–H and O–H groups in total. The third-order valence-electron chi connectivity index (χ3n) is 3.93. The van der Waals surface area contributed by atoms with Crippen molar-refractivity contribution in [1.29, 1.82) is 0 Å². The number of nitrogens with zero attached hydrogens (tertiary/aromatic N) is 1. The van der Waals surface area contributed by atoms with Gasteiger partial charge in [0.05, 0.1) is 24.9 Å². The number of ether oxygens (including phenoxy) is 2. The molecule has 10 heteroatoms. The van der Waals surface area contributed by atoms with Crippen LogP contribution in [0.25, 0.3) is 11.5 Å². The van der Waals surface area contributed by atoms with Crippen LogP contribution in [0.15, 0.2) is 53.1 Å². The van der Waals surface area contributed by atoms with E-state index < -0.39 is 18.7 Å². The van der Waals surface area contributed by atoms with Crippen molar-refractivity contribution in [3.63, 3.8) is 0 Å². The Bertz CT molecular complexity index is 1030. The minimum atomic E-state index is -4.52. The summed E-state index contributed by atoms with van der Waals surface area (Å²) in [5.74, 6) is -0.380. The topological polar surface area (TPSA) is 93.8 Å². The number of phenolic OH excluding ortho intramolecular Hbond substituents is 1. The van der Waals surface area contributed by atoms with E-state index >= 15 is 0 Å².